The van der Waals surface area contributed by atoms with Gasteiger partial charge in [-0.2, -0.15) is 0 Å². The maximum atomic E-state index is 9.60. The van der Waals surface area contributed by atoms with Crippen molar-refractivity contribution in [1.29, 1.82) is 0 Å². The number of hydrogen-bond acceptors (Lipinski definition) is 5. The van der Waals surface area contributed by atoms with E-state index in [9.17, 15) is 5.11 Å². The number of ether oxygens (including phenoxy) is 4. The van der Waals surface area contributed by atoms with Gasteiger partial charge in [0.2, 0.25) is 5.75 Å². The molecule has 1 N–H and O–H groups in total. The van der Waals surface area contributed by atoms with Crippen molar-refractivity contribution in [3.8, 4) is 28.7 Å². The van der Waals surface area contributed by atoms with Crippen molar-refractivity contribution in [2.75, 3.05) is 20.8 Å². The van der Waals surface area contributed by atoms with Crippen molar-refractivity contribution >= 4 is 0 Å². The van der Waals surface area contributed by atoms with Gasteiger partial charge in [-0.3, -0.25) is 0 Å². The first-order chi connectivity index (χ1) is 10.7. The van der Waals surface area contributed by atoms with Crippen LogP contribution >= 0.6 is 0 Å². The summed E-state index contributed by atoms with van der Waals surface area (Å²) in [6, 6.07) is 8.99. The zero-order chi connectivity index (χ0) is 15.3. The summed E-state index contributed by atoms with van der Waals surface area (Å²) < 4.78 is 22.8. The Kier molecular flexibility index (Phi) is 2.82. The van der Waals surface area contributed by atoms with Crippen molar-refractivity contribution < 1.29 is 24.1 Å². The zero-order valence-corrected chi connectivity index (χ0v) is 12.3. The molecule has 0 spiro atoms. The zero-order valence-electron chi connectivity index (χ0n) is 12.3. The predicted octanol–water partition coefficient (Wildman–Crippen LogP) is 3.02. The molecule has 0 bridgehead atoms. The first kappa shape index (κ1) is 13.1. The van der Waals surface area contributed by atoms with Crippen LogP contribution < -0.4 is 18.9 Å². The number of rotatable bonds is 2. The fourth-order valence-corrected chi connectivity index (χ4v) is 3.22. The second-order valence-electron chi connectivity index (χ2n) is 5.40. The molecule has 2 aliphatic rings. The van der Waals surface area contributed by atoms with E-state index >= 15 is 0 Å². The van der Waals surface area contributed by atoms with Crippen molar-refractivity contribution in [2.45, 2.75) is 12.0 Å². The van der Waals surface area contributed by atoms with E-state index in [-0.39, 0.29) is 17.8 Å². The highest BCUT2D eigenvalue weighted by atomic mass is 16.5. The SMILES string of the molecule is COc1ccc2c(c1OC)O[C@H]1c3ccc(O)cc3OC[C@H]21. The predicted molar refractivity (Wildman–Crippen MR) is 79.3 cm³/mol. The third kappa shape index (κ3) is 1.71. The van der Waals surface area contributed by atoms with Gasteiger partial charge in [-0.1, -0.05) is 6.07 Å². The maximum Gasteiger partial charge on any atom is 0.203 e. The van der Waals surface area contributed by atoms with Crippen LogP contribution in [-0.4, -0.2) is 25.9 Å². The maximum absolute atomic E-state index is 9.60. The molecule has 0 aliphatic carbocycles. The summed E-state index contributed by atoms with van der Waals surface area (Å²) in [6.07, 6.45) is -0.139. The second-order valence-corrected chi connectivity index (χ2v) is 5.40. The summed E-state index contributed by atoms with van der Waals surface area (Å²) in [5.74, 6) is 2.92. The average Bonchev–Trinajstić information content (AvgIpc) is 2.92. The van der Waals surface area contributed by atoms with E-state index in [1.807, 2.05) is 18.2 Å². The number of hydrogen-bond donors (Lipinski definition) is 1. The lowest BCUT2D eigenvalue weighted by Gasteiger charge is -2.27. The molecule has 2 aromatic rings. The van der Waals surface area contributed by atoms with Crippen LogP contribution in [0.2, 0.25) is 0 Å². The van der Waals surface area contributed by atoms with Crippen molar-refractivity contribution in [1.82, 2.24) is 0 Å². The van der Waals surface area contributed by atoms with Crippen LogP contribution in [0.25, 0.3) is 0 Å². The summed E-state index contributed by atoms with van der Waals surface area (Å²) in [7, 11) is 3.21. The van der Waals surface area contributed by atoms with Crippen LogP contribution in [0.5, 0.6) is 28.7 Å². The van der Waals surface area contributed by atoms with Gasteiger partial charge in [-0.25, -0.2) is 0 Å². The molecule has 2 heterocycles. The number of fused-ring (bicyclic) bond motifs is 5. The monoisotopic (exact) mass is 300 g/mol. The second kappa shape index (κ2) is 4.73. The Balaban J connectivity index is 1.82. The fourth-order valence-electron chi connectivity index (χ4n) is 3.22. The number of methoxy groups -OCH3 is 2. The number of aromatic hydroxyl groups is 1. The molecule has 0 unspecified atom stereocenters. The Hall–Kier alpha value is -2.56. The van der Waals surface area contributed by atoms with E-state index < -0.39 is 0 Å². The Morgan fingerprint density at radius 3 is 2.68 bits per heavy atom. The molecule has 0 fully saturated rings. The standard InChI is InChI=1S/C17H16O5/c1-19-13-6-5-10-12-8-21-14-7-9(18)3-4-11(14)15(12)22-16(10)17(13)20-2/h3-7,12,15,18H,8H2,1-2H3/t12-,15+/m1/s1. The molecule has 2 aliphatic heterocycles. The van der Waals surface area contributed by atoms with Crippen LogP contribution in [0, 0.1) is 0 Å². The molecule has 0 saturated heterocycles. The highest BCUT2D eigenvalue weighted by Gasteiger charge is 2.42. The average molecular weight is 300 g/mol. The lowest BCUT2D eigenvalue weighted by molar-refractivity contribution is 0.136. The Labute approximate surface area is 128 Å². The molecule has 0 radical (unpaired) electrons. The third-order valence-corrected chi connectivity index (χ3v) is 4.26. The van der Waals surface area contributed by atoms with Crippen LogP contribution in [-0.2, 0) is 0 Å². The van der Waals surface area contributed by atoms with Crippen molar-refractivity contribution in [3.63, 3.8) is 0 Å². The largest absolute Gasteiger partial charge is 0.508 e. The molecule has 2 aromatic carbocycles. The Morgan fingerprint density at radius 1 is 1.09 bits per heavy atom. The minimum absolute atomic E-state index is 0.104. The summed E-state index contributed by atoms with van der Waals surface area (Å²) in [5, 5.41) is 9.60. The molecular formula is C17H16O5. The van der Waals surface area contributed by atoms with Crippen LogP contribution in [0.15, 0.2) is 30.3 Å². The van der Waals surface area contributed by atoms with E-state index in [0.29, 0.717) is 29.6 Å². The van der Waals surface area contributed by atoms with E-state index in [1.165, 1.54) is 0 Å². The number of benzene rings is 2. The number of phenols is 1. The van der Waals surface area contributed by atoms with Gasteiger partial charge >= 0.3 is 0 Å². The molecule has 5 nitrogen and oxygen atoms in total. The summed E-state index contributed by atoms with van der Waals surface area (Å²) in [5.41, 5.74) is 1.99. The fraction of sp³-hybridized carbons (Fsp3) is 0.294. The van der Waals surface area contributed by atoms with Crippen LogP contribution in [0.1, 0.15) is 23.1 Å². The molecule has 0 amide bonds. The van der Waals surface area contributed by atoms with E-state index in [2.05, 4.69) is 0 Å². The lowest BCUT2D eigenvalue weighted by atomic mass is 9.89. The van der Waals surface area contributed by atoms with E-state index in [1.54, 1.807) is 26.4 Å². The van der Waals surface area contributed by atoms with Gasteiger partial charge in [-0.05, 0) is 18.2 Å². The summed E-state index contributed by atoms with van der Waals surface area (Å²) in [6.45, 7) is 0.504. The van der Waals surface area contributed by atoms with Crippen LogP contribution in [0.3, 0.4) is 0 Å². The van der Waals surface area contributed by atoms with Crippen molar-refractivity contribution in [2.24, 2.45) is 0 Å². The van der Waals surface area contributed by atoms with Gasteiger partial charge in [0.25, 0.3) is 0 Å². The molecule has 22 heavy (non-hydrogen) atoms. The lowest BCUT2D eigenvalue weighted by Crippen LogP contribution is -2.22. The smallest absolute Gasteiger partial charge is 0.203 e. The molecule has 114 valence electrons. The molecular weight excluding hydrogens is 284 g/mol. The minimum Gasteiger partial charge on any atom is -0.508 e. The highest BCUT2D eigenvalue weighted by Crippen LogP contribution is 2.56. The molecule has 0 saturated carbocycles. The van der Waals surface area contributed by atoms with Gasteiger partial charge in [0.15, 0.2) is 11.5 Å². The quantitative estimate of drug-likeness (QED) is 0.924. The normalized spacial score (nSPS) is 21.0. The van der Waals surface area contributed by atoms with Gasteiger partial charge in [-0.15, -0.1) is 0 Å². The number of phenolic OH excluding ortho intramolecular Hbond substituents is 1. The summed E-state index contributed by atoms with van der Waals surface area (Å²) in [4.78, 5) is 0. The first-order valence-corrected chi connectivity index (χ1v) is 7.10. The molecule has 5 heteroatoms. The van der Waals surface area contributed by atoms with E-state index in [4.69, 9.17) is 18.9 Å². The minimum atomic E-state index is -0.139. The summed E-state index contributed by atoms with van der Waals surface area (Å²) >= 11 is 0. The van der Waals surface area contributed by atoms with Gasteiger partial charge < -0.3 is 24.1 Å². The van der Waals surface area contributed by atoms with Gasteiger partial charge in [0, 0.05) is 17.2 Å². The third-order valence-electron chi connectivity index (χ3n) is 4.26. The topological polar surface area (TPSA) is 57.2 Å². The molecule has 2 atom stereocenters. The molecule has 4 rings (SSSR count). The van der Waals surface area contributed by atoms with E-state index in [0.717, 1.165) is 11.1 Å². The van der Waals surface area contributed by atoms with Crippen molar-refractivity contribution in [3.05, 3.63) is 41.5 Å². The van der Waals surface area contributed by atoms with Gasteiger partial charge in [0.1, 0.15) is 17.6 Å². The first-order valence-electron chi connectivity index (χ1n) is 7.10. The van der Waals surface area contributed by atoms with Crippen LogP contribution in [0.4, 0.5) is 0 Å². The Morgan fingerprint density at radius 2 is 1.91 bits per heavy atom. The Bertz CT molecular complexity index is 740. The van der Waals surface area contributed by atoms with Gasteiger partial charge in [0.05, 0.1) is 26.7 Å². The highest BCUT2D eigenvalue weighted by molar-refractivity contribution is 5.61. The molecule has 0 aromatic heterocycles.